The molecule has 3 heterocycles. The molecule has 0 spiro atoms. The average molecular weight is 393 g/mol. The normalized spacial score (nSPS) is 26.1. The van der Waals surface area contributed by atoms with Gasteiger partial charge in [0.05, 0.1) is 5.69 Å². The number of piperidine rings is 1. The predicted octanol–water partition coefficient (Wildman–Crippen LogP) is 4.38. The highest BCUT2D eigenvalue weighted by atomic mass is 32.1. The topological polar surface area (TPSA) is 51.7 Å². The number of esters is 1. The van der Waals surface area contributed by atoms with Crippen LogP contribution >= 0.6 is 11.3 Å². The first-order valence-corrected chi connectivity index (χ1v) is 11.7. The minimum Gasteiger partial charge on any atom is -0.397 e. The summed E-state index contributed by atoms with van der Waals surface area (Å²) in [6, 6.07) is -0.108. The first-order valence-electron chi connectivity index (χ1n) is 10.8. The molecule has 3 fully saturated rings. The molecule has 4 rings (SSSR count). The van der Waals surface area contributed by atoms with Crippen LogP contribution in [0.1, 0.15) is 75.8 Å². The molecule has 1 unspecified atom stereocenters. The molecule has 1 atom stereocenters. The molecule has 0 radical (unpaired) electrons. The Kier molecular flexibility index (Phi) is 6.79. The summed E-state index contributed by atoms with van der Waals surface area (Å²) in [6.45, 7) is 3.71. The van der Waals surface area contributed by atoms with E-state index in [1.165, 1.54) is 49.9 Å². The SMILES string of the molecule is O=C(Oc1nc(C2CCCCC2)cs1)C1CCCCN1CC1CCOCC1. The van der Waals surface area contributed by atoms with Crippen molar-refractivity contribution in [1.29, 1.82) is 0 Å². The van der Waals surface area contributed by atoms with Crippen LogP contribution in [-0.2, 0) is 9.53 Å². The molecule has 2 saturated heterocycles. The smallest absolute Gasteiger partial charge is 0.330 e. The van der Waals surface area contributed by atoms with Gasteiger partial charge in [-0.15, -0.1) is 0 Å². The summed E-state index contributed by atoms with van der Waals surface area (Å²) in [4.78, 5) is 19.9. The molecule has 1 saturated carbocycles. The molecule has 3 aliphatic rings. The van der Waals surface area contributed by atoms with Gasteiger partial charge in [0.2, 0.25) is 0 Å². The second kappa shape index (κ2) is 9.48. The Balaban J connectivity index is 1.34. The number of carbonyl (C=O) groups is 1. The van der Waals surface area contributed by atoms with Crippen LogP contribution in [0.3, 0.4) is 0 Å². The van der Waals surface area contributed by atoms with Crippen LogP contribution in [0.15, 0.2) is 5.38 Å². The van der Waals surface area contributed by atoms with Gasteiger partial charge in [-0.1, -0.05) is 37.0 Å². The number of carbonyl (C=O) groups excluding carboxylic acids is 1. The first kappa shape index (κ1) is 19.3. The molecule has 27 heavy (non-hydrogen) atoms. The van der Waals surface area contributed by atoms with Gasteiger partial charge in [0, 0.05) is 31.1 Å². The largest absolute Gasteiger partial charge is 0.397 e. The molecule has 1 aliphatic carbocycles. The van der Waals surface area contributed by atoms with Crippen LogP contribution in [0.4, 0.5) is 0 Å². The van der Waals surface area contributed by atoms with Crippen molar-refractivity contribution in [3.05, 3.63) is 11.1 Å². The number of thiazole rings is 1. The number of hydrogen-bond donors (Lipinski definition) is 0. The van der Waals surface area contributed by atoms with Crippen LogP contribution in [-0.4, -0.2) is 48.2 Å². The fourth-order valence-electron chi connectivity index (χ4n) is 4.79. The molecule has 0 N–H and O–H groups in total. The summed E-state index contributed by atoms with van der Waals surface area (Å²) < 4.78 is 11.2. The molecule has 0 aromatic carbocycles. The zero-order chi connectivity index (χ0) is 18.5. The van der Waals surface area contributed by atoms with Crippen molar-refractivity contribution in [1.82, 2.24) is 9.88 Å². The molecule has 150 valence electrons. The summed E-state index contributed by atoms with van der Waals surface area (Å²) >= 11 is 1.48. The minimum absolute atomic E-state index is 0.105. The van der Waals surface area contributed by atoms with E-state index in [-0.39, 0.29) is 12.0 Å². The van der Waals surface area contributed by atoms with Crippen molar-refractivity contribution in [2.24, 2.45) is 5.92 Å². The summed E-state index contributed by atoms with van der Waals surface area (Å²) in [6.07, 6.45) is 11.8. The van der Waals surface area contributed by atoms with Crippen LogP contribution < -0.4 is 4.74 Å². The third-order valence-corrected chi connectivity index (χ3v) is 7.17. The molecule has 6 heteroatoms. The Morgan fingerprint density at radius 2 is 1.89 bits per heavy atom. The van der Waals surface area contributed by atoms with Gasteiger partial charge in [-0.3, -0.25) is 4.90 Å². The molecule has 5 nitrogen and oxygen atoms in total. The lowest BCUT2D eigenvalue weighted by molar-refractivity contribution is -0.142. The second-order valence-electron chi connectivity index (χ2n) is 8.36. The number of rotatable bonds is 5. The Labute approximate surface area is 166 Å². The van der Waals surface area contributed by atoms with E-state index in [4.69, 9.17) is 9.47 Å². The molecule has 0 bridgehead atoms. The molecule has 1 aromatic rings. The lowest BCUT2D eigenvalue weighted by Crippen LogP contribution is -2.48. The van der Waals surface area contributed by atoms with E-state index >= 15 is 0 Å². The summed E-state index contributed by atoms with van der Waals surface area (Å²) in [5, 5.41) is 2.64. The molecule has 1 aromatic heterocycles. The van der Waals surface area contributed by atoms with Crippen LogP contribution in [0.2, 0.25) is 0 Å². The number of likely N-dealkylation sites (tertiary alicyclic amines) is 1. The van der Waals surface area contributed by atoms with Gasteiger partial charge in [-0.05, 0) is 51.0 Å². The Bertz CT molecular complexity index is 608. The maximum Gasteiger partial charge on any atom is 0.330 e. The van der Waals surface area contributed by atoms with Gasteiger partial charge in [-0.2, -0.15) is 0 Å². The average Bonchev–Trinajstić information content (AvgIpc) is 3.18. The summed E-state index contributed by atoms with van der Waals surface area (Å²) in [5.41, 5.74) is 1.13. The van der Waals surface area contributed by atoms with Gasteiger partial charge in [0.25, 0.3) is 5.19 Å². The maximum absolute atomic E-state index is 12.9. The first-order chi connectivity index (χ1) is 13.3. The van der Waals surface area contributed by atoms with Crippen molar-refractivity contribution in [3.8, 4) is 5.19 Å². The van der Waals surface area contributed by atoms with E-state index in [0.29, 0.717) is 17.0 Å². The monoisotopic (exact) mass is 392 g/mol. The number of aromatic nitrogens is 1. The van der Waals surface area contributed by atoms with E-state index < -0.39 is 0 Å². The number of ether oxygens (including phenoxy) is 2. The van der Waals surface area contributed by atoms with Gasteiger partial charge in [0.1, 0.15) is 6.04 Å². The minimum atomic E-state index is -0.108. The quantitative estimate of drug-likeness (QED) is 0.696. The standard InChI is InChI=1S/C21H32N2O3S/c24-20(26-21-22-18(15-27-21)17-6-2-1-3-7-17)19-8-4-5-11-23(19)14-16-9-12-25-13-10-16/h15-17,19H,1-14H2. The van der Waals surface area contributed by atoms with E-state index in [0.717, 1.165) is 57.7 Å². The molecular weight excluding hydrogens is 360 g/mol. The maximum atomic E-state index is 12.9. The summed E-state index contributed by atoms with van der Waals surface area (Å²) in [5.74, 6) is 1.10. The lowest BCUT2D eigenvalue weighted by atomic mass is 9.87. The zero-order valence-corrected chi connectivity index (χ0v) is 17.1. The van der Waals surface area contributed by atoms with Crippen LogP contribution in [0, 0.1) is 5.92 Å². The van der Waals surface area contributed by atoms with Crippen molar-refractivity contribution < 1.29 is 14.3 Å². The van der Waals surface area contributed by atoms with Crippen LogP contribution in [0.5, 0.6) is 5.19 Å². The molecule has 0 amide bonds. The number of nitrogens with zero attached hydrogens (tertiary/aromatic N) is 2. The Hall–Kier alpha value is -0.980. The third kappa shape index (κ3) is 5.09. The molecular formula is C21H32N2O3S. The predicted molar refractivity (Wildman–Crippen MR) is 106 cm³/mol. The molecule has 2 aliphatic heterocycles. The Morgan fingerprint density at radius 1 is 1.11 bits per heavy atom. The van der Waals surface area contributed by atoms with Crippen molar-refractivity contribution >= 4 is 17.3 Å². The fraction of sp³-hybridized carbons (Fsp3) is 0.810. The van der Waals surface area contributed by atoms with Crippen LogP contribution in [0.25, 0.3) is 0 Å². The van der Waals surface area contributed by atoms with E-state index in [1.807, 2.05) is 0 Å². The third-order valence-electron chi connectivity index (χ3n) is 6.43. The van der Waals surface area contributed by atoms with Crippen molar-refractivity contribution in [3.63, 3.8) is 0 Å². The van der Waals surface area contributed by atoms with Gasteiger partial charge in [-0.25, -0.2) is 9.78 Å². The highest BCUT2D eigenvalue weighted by Crippen LogP contribution is 2.35. The van der Waals surface area contributed by atoms with E-state index in [9.17, 15) is 4.79 Å². The highest BCUT2D eigenvalue weighted by Gasteiger charge is 2.32. The van der Waals surface area contributed by atoms with E-state index in [1.54, 1.807) is 0 Å². The lowest BCUT2D eigenvalue weighted by Gasteiger charge is -2.37. The van der Waals surface area contributed by atoms with Crippen molar-refractivity contribution in [2.75, 3.05) is 26.3 Å². The Morgan fingerprint density at radius 3 is 2.70 bits per heavy atom. The zero-order valence-electron chi connectivity index (χ0n) is 16.2. The second-order valence-corrected chi connectivity index (χ2v) is 9.18. The number of hydrogen-bond acceptors (Lipinski definition) is 6. The van der Waals surface area contributed by atoms with Gasteiger partial charge < -0.3 is 9.47 Å². The van der Waals surface area contributed by atoms with Crippen molar-refractivity contribution in [2.45, 2.75) is 76.2 Å². The fourth-order valence-corrected chi connectivity index (χ4v) is 5.55. The highest BCUT2D eigenvalue weighted by molar-refractivity contribution is 7.11. The summed E-state index contributed by atoms with van der Waals surface area (Å²) in [7, 11) is 0. The van der Waals surface area contributed by atoms with Gasteiger partial charge >= 0.3 is 5.97 Å². The van der Waals surface area contributed by atoms with E-state index in [2.05, 4.69) is 15.3 Å². The van der Waals surface area contributed by atoms with Gasteiger partial charge in [0.15, 0.2) is 0 Å².